The zero-order valence-corrected chi connectivity index (χ0v) is 10.7. The second-order valence-corrected chi connectivity index (χ2v) is 4.63. The van der Waals surface area contributed by atoms with Gasteiger partial charge < -0.3 is 10.6 Å². The fourth-order valence-corrected chi connectivity index (χ4v) is 2.68. The van der Waals surface area contributed by atoms with Crippen LogP contribution in [0, 0.1) is 0 Å². The highest BCUT2D eigenvalue weighted by atomic mass is 16.1. The van der Waals surface area contributed by atoms with E-state index in [4.69, 9.17) is 5.73 Å². The van der Waals surface area contributed by atoms with E-state index in [9.17, 15) is 4.79 Å². The van der Waals surface area contributed by atoms with E-state index in [2.05, 4.69) is 18.9 Å². The highest BCUT2D eigenvalue weighted by Crippen LogP contribution is 2.25. The molecule has 0 saturated carbocycles. The number of hydrogen-bond donors (Lipinski definition) is 1. The van der Waals surface area contributed by atoms with E-state index in [1.807, 2.05) is 4.57 Å². The van der Waals surface area contributed by atoms with Gasteiger partial charge in [-0.3, -0.25) is 9.36 Å². The van der Waals surface area contributed by atoms with Crippen molar-refractivity contribution < 1.29 is 0 Å². The van der Waals surface area contributed by atoms with Crippen LogP contribution in [0.3, 0.4) is 0 Å². The first-order valence-electron chi connectivity index (χ1n) is 6.35. The molecule has 0 aromatic carbocycles. The molecule has 4 heteroatoms. The molecule has 17 heavy (non-hydrogen) atoms. The third kappa shape index (κ3) is 2.09. The van der Waals surface area contributed by atoms with E-state index in [-0.39, 0.29) is 5.56 Å². The molecular formula is C13H21N3O. The summed E-state index contributed by atoms with van der Waals surface area (Å²) < 4.78 is 1.90. The maximum atomic E-state index is 12.1. The van der Waals surface area contributed by atoms with Crippen LogP contribution in [-0.2, 0) is 19.4 Å². The predicted molar refractivity (Wildman–Crippen MR) is 70.7 cm³/mol. The molecule has 0 atom stereocenters. The smallest absolute Gasteiger partial charge is 0.252 e. The van der Waals surface area contributed by atoms with Crippen molar-refractivity contribution in [2.75, 3.05) is 25.0 Å². The topological polar surface area (TPSA) is 51.3 Å². The lowest BCUT2D eigenvalue weighted by molar-refractivity contribution is 0.559. The fourth-order valence-electron chi connectivity index (χ4n) is 2.68. The van der Waals surface area contributed by atoms with Gasteiger partial charge in [0.05, 0.1) is 0 Å². The molecule has 0 fully saturated rings. The zero-order valence-electron chi connectivity index (χ0n) is 10.7. The van der Waals surface area contributed by atoms with Crippen molar-refractivity contribution in [2.24, 2.45) is 5.73 Å². The summed E-state index contributed by atoms with van der Waals surface area (Å²) in [6.45, 7) is 4.57. The third-order valence-electron chi connectivity index (χ3n) is 3.49. The van der Waals surface area contributed by atoms with Gasteiger partial charge in [0.15, 0.2) is 0 Å². The first-order chi connectivity index (χ1) is 8.19. The minimum Gasteiger partial charge on any atom is -0.361 e. The van der Waals surface area contributed by atoms with Gasteiger partial charge in [0, 0.05) is 26.2 Å². The molecule has 1 aliphatic rings. The standard InChI is InChI=1S/C13H21N3O/c1-3-10-9-12(17)16-8-4-7-15(2)13(16)11(10)5-6-14/h9H,3-8,14H2,1-2H3. The van der Waals surface area contributed by atoms with E-state index >= 15 is 0 Å². The lowest BCUT2D eigenvalue weighted by Gasteiger charge is -2.32. The van der Waals surface area contributed by atoms with Gasteiger partial charge in [0.2, 0.25) is 0 Å². The molecule has 0 unspecified atom stereocenters. The molecule has 4 nitrogen and oxygen atoms in total. The largest absolute Gasteiger partial charge is 0.361 e. The van der Waals surface area contributed by atoms with Crippen molar-refractivity contribution in [1.82, 2.24) is 4.57 Å². The Hall–Kier alpha value is -1.29. The third-order valence-corrected chi connectivity index (χ3v) is 3.49. The Balaban J connectivity index is 2.65. The number of aryl methyl sites for hydroxylation is 1. The van der Waals surface area contributed by atoms with Crippen LogP contribution in [0.2, 0.25) is 0 Å². The van der Waals surface area contributed by atoms with Gasteiger partial charge in [0.25, 0.3) is 5.56 Å². The summed E-state index contributed by atoms with van der Waals surface area (Å²) in [6.07, 6.45) is 2.78. The molecule has 94 valence electrons. The maximum Gasteiger partial charge on any atom is 0.252 e. The molecule has 2 N–H and O–H groups in total. The molecule has 0 amide bonds. The van der Waals surface area contributed by atoms with Crippen molar-refractivity contribution in [3.05, 3.63) is 27.5 Å². The minimum absolute atomic E-state index is 0.129. The lowest BCUT2D eigenvalue weighted by Crippen LogP contribution is -2.37. The van der Waals surface area contributed by atoms with Crippen LogP contribution in [0.1, 0.15) is 24.5 Å². The lowest BCUT2D eigenvalue weighted by atomic mass is 10.0. The predicted octanol–water partition coefficient (Wildman–Crippen LogP) is 0.752. The van der Waals surface area contributed by atoms with Gasteiger partial charge in [-0.1, -0.05) is 6.92 Å². The molecule has 2 heterocycles. The number of pyridine rings is 1. The molecule has 0 aliphatic carbocycles. The average molecular weight is 235 g/mol. The Labute approximate surface area is 102 Å². The summed E-state index contributed by atoms with van der Waals surface area (Å²) in [7, 11) is 2.06. The van der Waals surface area contributed by atoms with Crippen LogP contribution in [0.15, 0.2) is 10.9 Å². The SMILES string of the molecule is CCc1cc(=O)n2c(c1CCN)N(C)CCC2. The van der Waals surface area contributed by atoms with Crippen LogP contribution in [-0.4, -0.2) is 24.7 Å². The molecule has 0 spiro atoms. The second kappa shape index (κ2) is 4.92. The molecule has 0 bridgehead atoms. The molecule has 0 saturated heterocycles. The van der Waals surface area contributed by atoms with Crippen LogP contribution in [0.5, 0.6) is 0 Å². The van der Waals surface area contributed by atoms with Crippen LogP contribution in [0.25, 0.3) is 0 Å². The van der Waals surface area contributed by atoms with Gasteiger partial charge in [0.1, 0.15) is 5.82 Å². The molecule has 1 aromatic heterocycles. The van der Waals surface area contributed by atoms with E-state index in [0.717, 1.165) is 43.7 Å². The average Bonchev–Trinajstić information content (AvgIpc) is 2.33. The Morgan fingerprint density at radius 2 is 2.18 bits per heavy atom. The number of hydrogen-bond acceptors (Lipinski definition) is 3. The monoisotopic (exact) mass is 235 g/mol. The summed E-state index contributed by atoms with van der Waals surface area (Å²) in [5, 5.41) is 0. The molecular weight excluding hydrogens is 214 g/mol. The highest BCUT2D eigenvalue weighted by Gasteiger charge is 2.20. The van der Waals surface area contributed by atoms with E-state index in [1.165, 1.54) is 5.56 Å². The van der Waals surface area contributed by atoms with Crippen molar-refractivity contribution in [2.45, 2.75) is 32.7 Å². The van der Waals surface area contributed by atoms with E-state index in [0.29, 0.717) is 6.54 Å². The summed E-state index contributed by atoms with van der Waals surface area (Å²) >= 11 is 0. The molecule has 1 aliphatic heterocycles. The Kier molecular flexibility index (Phi) is 3.52. The van der Waals surface area contributed by atoms with E-state index < -0.39 is 0 Å². The number of rotatable bonds is 3. The second-order valence-electron chi connectivity index (χ2n) is 4.63. The number of anilines is 1. The summed E-state index contributed by atoms with van der Waals surface area (Å²) in [5.41, 5.74) is 8.24. The number of aromatic nitrogens is 1. The maximum absolute atomic E-state index is 12.1. The van der Waals surface area contributed by atoms with Crippen molar-refractivity contribution in [1.29, 1.82) is 0 Å². The Morgan fingerprint density at radius 1 is 1.41 bits per heavy atom. The molecule has 0 radical (unpaired) electrons. The summed E-state index contributed by atoms with van der Waals surface area (Å²) in [5.74, 6) is 1.09. The van der Waals surface area contributed by atoms with E-state index in [1.54, 1.807) is 6.07 Å². The summed E-state index contributed by atoms with van der Waals surface area (Å²) in [6, 6.07) is 1.79. The van der Waals surface area contributed by atoms with Gasteiger partial charge in [-0.15, -0.1) is 0 Å². The molecule has 1 aromatic rings. The highest BCUT2D eigenvalue weighted by molar-refractivity contribution is 5.52. The van der Waals surface area contributed by atoms with Gasteiger partial charge >= 0.3 is 0 Å². The summed E-state index contributed by atoms with van der Waals surface area (Å²) in [4.78, 5) is 14.2. The van der Waals surface area contributed by atoms with Crippen LogP contribution in [0.4, 0.5) is 5.82 Å². The van der Waals surface area contributed by atoms with Crippen LogP contribution >= 0.6 is 0 Å². The van der Waals surface area contributed by atoms with Gasteiger partial charge in [-0.25, -0.2) is 0 Å². The Bertz CT molecular complexity index is 464. The minimum atomic E-state index is 0.129. The zero-order chi connectivity index (χ0) is 12.4. The van der Waals surface area contributed by atoms with Crippen molar-refractivity contribution in [3.8, 4) is 0 Å². The van der Waals surface area contributed by atoms with Gasteiger partial charge in [-0.05, 0) is 36.9 Å². The quantitative estimate of drug-likeness (QED) is 0.841. The van der Waals surface area contributed by atoms with Crippen LogP contribution < -0.4 is 16.2 Å². The first-order valence-corrected chi connectivity index (χ1v) is 6.35. The number of fused-ring (bicyclic) bond motifs is 1. The van der Waals surface area contributed by atoms with Gasteiger partial charge in [-0.2, -0.15) is 0 Å². The molecule has 2 rings (SSSR count). The fraction of sp³-hybridized carbons (Fsp3) is 0.615. The normalized spacial score (nSPS) is 14.9. The number of nitrogens with zero attached hydrogens (tertiary/aromatic N) is 2. The Morgan fingerprint density at radius 3 is 2.82 bits per heavy atom. The number of nitrogens with two attached hydrogens (primary N) is 1. The van der Waals surface area contributed by atoms with Crippen molar-refractivity contribution >= 4 is 5.82 Å². The van der Waals surface area contributed by atoms with Crippen molar-refractivity contribution in [3.63, 3.8) is 0 Å². The first kappa shape index (κ1) is 12.2.